The van der Waals surface area contributed by atoms with Gasteiger partial charge in [-0.25, -0.2) is 0 Å². The van der Waals surface area contributed by atoms with Crippen LogP contribution < -0.4 is 0 Å². The van der Waals surface area contributed by atoms with Gasteiger partial charge in [-0.2, -0.15) is 0 Å². The van der Waals surface area contributed by atoms with Gasteiger partial charge in [0, 0.05) is 5.92 Å². The van der Waals surface area contributed by atoms with Gasteiger partial charge in [0.1, 0.15) is 0 Å². The summed E-state index contributed by atoms with van der Waals surface area (Å²) in [6, 6.07) is 20.4. The van der Waals surface area contributed by atoms with Crippen LogP contribution in [0.25, 0.3) is 0 Å². The second-order valence-corrected chi connectivity index (χ2v) is 7.16. The van der Waals surface area contributed by atoms with E-state index >= 15 is 0 Å². The first-order valence-corrected chi connectivity index (χ1v) is 9.14. The van der Waals surface area contributed by atoms with Crippen LogP contribution in [0.2, 0.25) is 0 Å². The summed E-state index contributed by atoms with van der Waals surface area (Å²) in [4.78, 5) is 0. The number of aliphatic hydroxyl groups is 1. The predicted molar refractivity (Wildman–Crippen MR) is 99.0 cm³/mol. The molecule has 1 fully saturated rings. The van der Waals surface area contributed by atoms with Gasteiger partial charge in [0.25, 0.3) is 0 Å². The lowest BCUT2D eigenvalue weighted by molar-refractivity contribution is -0.172. The van der Waals surface area contributed by atoms with Crippen molar-refractivity contribution < 1.29 is 14.6 Å². The van der Waals surface area contributed by atoms with E-state index in [0.717, 1.165) is 17.5 Å². The summed E-state index contributed by atoms with van der Waals surface area (Å²) in [6.45, 7) is 5.32. The average Bonchev–Trinajstić information content (AvgIpc) is 2.64. The molecule has 134 valence electrons. The summed E-state index contributed by atoms with van der Waals surface area (Å²) < 4.78 is 12.5. The van der Waals surface area contributed by atoms with Gasteiger partial charge in [-0.05, 0) is 23.5 Å². The highest BCUT2D eigenvalue weighted by Crippen LogP contribution is 2.34. The Bertz CT molecular complexity index is 628. The van der Waals surface area contributed by atoms with Gasteiger partial charge in [-0.1, -0.05) is 74.5 Å². The normalized spacial score (nSPS) is 29.5. The lowest BCUT2D eigenvalue weighted by atomic mass is 9.77. The number of benzene rings is 2. The SMILES string of the molecule is CC1CC(O)C(C)[C@H](OCc2ccccc2)[C@H]1OCc1ccccc1. The van der Waals surface area contributed by atoms with E-state index < -0.39 is 0 Å². The Morgan fingerprint density at radius 3 is 1.80 bits per heavy atom. The Kier molecular flexibility index (Phi) is 6.24. The first-order chi connectivity index (χ1) is 12.1. The van der Waals surface area contributed by atoms with Crippen LogP contribution in [0, 0.1) is 11.8 Å². The molecule has 1 aliphatic rings. The molecule has 0 aromatic heterocycles. The summed E-state index contributed by atoms with van der Waals surface area (Å²) in [5.74, 6) is 0.316. The minimum absolute atomic E-state index is 0.0117. The lowest BCUT2D eigenvalue weighted by Gasteiger charge is -2.42. The van der Waals surface area contributed by atoms with Crippen molar-refractivity contribution in [2.45, 2.75) is 51.8 Å². The molecule has 0 spiro atoms. The second-order valence-electron chi connectivity index (χ2n) is 7.16. The van der Waals surface area contributed by atoms with E-state index in [1.165, 1.54) is 0 Å². The predicted octanol–water partition coefficient (Wildman–Crippen LogP) is 4.19. The molecule has 5 atom stereocenters. The first-order valence-electron chi connectivity index (χ1n) is 9.14. The third-order valence-electron chi connectivity index (χ3n) is 5.19. The number of hydrogen-bond acceptors (Lipinski definition) is 3. The van der Waals surface area contributed by atoms with Gasteiger partial charge in [-0.3, -0.25) is 0 Å². The van der Waals surface area contributed by atoms with Gasteiger partial charge in [-0.15, -0.1) is 0 Å². The van der Waals surface area contributed by atoms with Crippen LogP contribution in [0.1, 0.15) is 31.4 Å². The zero-order chi connectivity index (χ0) is 17.6. The topological polar surface area (TPSA) is 38.7 Å². The molecule has 1 saturated carbocycles. The summed E-state index contributed by atoms with van der Waals surface area (Å²) in [5.41, 5.74) is 2.31. The van der Waals surface area contributed by atoms with Crippen LogP contribution in [0.3, 0.4) is 0 Å². The third kappa shape index (κ3) is 4.69. The smallest absolute Gasteiger partial charge is 0.0894 e. The highest BCUT2D eigenvalue weighted by atomic mass is 16.5. The molecule has 0 amide bonds. The summed E-state index contributed by atoms with van der Waals surface area (Å²) in [6.07, 6.45) is 0.295. The molecule has 3 heteroatoms. The van der Waals surface area contributed by atoms with Crippen molar-refractivity contribution in [3.63, 3.8) is 0 Å². The van der Waals surface area contributed by atoms with E-state index in [0.29, 0.717) is 13.2 Å². The van der Waals surface area contributed by atoms with Crippen molar-refractivity contribution in [1.29, 1.82) is 0 Å². The highest BCUT2D eigenvalue weighted by molar-refractivity contribution is 5.14. The second kappa shape index (κ2) is 8.61. The highest BCUT2D eigenvalue weighted by Gasteiger charge is 2.41. The standard InChI is InChI=1S/C22H28O3/c1-16-13-20(23)17(2)22(25-15-19-11-7-4-8-12-19)21(16)24-14-18-9-5-3-6-10-18/h3-12,16-17,20-23H,13-15H2,1-2H3/t16?,17?,20?,21-,22-/m0/s1. The molecule has 2 aromatic carbocycles. The Hall–Kier alpha value is -1.68. The molecule has 0 heterocycles. The summed E-state index contributed by atoms with van der Waals surface area (Å²) >= 11 is 0. The van der Waals surface area contributed by atoms with E-state index in [1.807, 2.05) is 36.4 Å². The number of rotatable bonds is 6. The molecule has 0 aliphatic heterocycles. The quantitative estimate of drug-likeness (QED) is 0.857. The van der Waals surface area contributed by atoms with Crippen LogP contribution in [0.4, 0.5) is 0 Å². The minimum atomic E-state index is -0.340. The van der Waals surface area contributed by atoms with Crippen molar-refractivity contribution in [2.24, 2.45) is 11.8 Å². The molecule has 3 rings (SSSR count). The maximum atomic E-state index is 10.4. The van der Waals surface area contributed by atoms with Gasteiger partial charge < -0.3 is 14.6 Å². The van der Waals surface area contributed by atoms with Crippen molar-refractivity contribution in [2.75, 3.05) is 0 Å². The Morgan fingerprint density at radius 1 is 0.800 bits per heavy atom. The van der Waals surface area contributed by atoms with Crippen LogP contribution in [0.15, 0.2) is 60.7 Å². The Labute approximate surface area is 150 Å². The maximum absolute atomic E-state index is 10.4. The van der Waals surface area contributed by atoms with E-state index in [9.17, 15) is 5.11 Å². The number of ether oxygens (including phenoxy) is 2. The summed E-state index contributed by atoms with van der Waals surface area (Å²) in [5, 5.41) is 10.4. The largest absolute Gasteiger partial charge is 0.393 e. The van der Waals surface area contributed by atoms with Crippen molar-refractivity contribution in [3.8, 4) is 0 Å². The molecule has 2 aromatic rings. The molecule has 0 radical (unpaired) electrons. The number of aliphatic hydroxyl groups excluding tert-OH is 1. The van der Waals surface area contributed by atoms with Crippen LogP contribution >= 0.6 is 0 Å². The van der Waals surface area contributed by atoms with E-state index in [1.54, 1.807) is 0 Å². The third-order valence-corrected chi connectivity index (χ3v) is 5.19. The van der Waals surface area contributed by atoms with E-state index in [2.05, 4.69) is 38.1 Å². The van der Waals surface area contributed by atoms with E-state index in [4.69, 9.17) is 9.47 Å². The molecule has 0 saturated heterocycles. The molecule has 0 bridgehead atoms. The van der Waals surface area contributed by atoms with Crippen molar-refractivity contribution in [1.82, 2.24) is 0 Å². The fraction of sp³-hybridized carbons (Fsp3) is 0.455. The molecule has 25 heavy (non-hydrogen) atoms. The molecular formula is C22H28O3. The molecule has 3 nitrogen and oxygen atoms in total. The average molecular weight is 340 g/mol. The molecular weight excluding hydrogens is 312 g/mol. The number of hydrogen-bond donors (Lipinski definition) is 1. The van der Waals surface area contributed by atoms with Crippen molar-refractivity contribution >= 4 is 0 Å². The molecule has 1 N–H and O–H groups in total. The lowest BCUT2D eigenvalue weighted by Crippen LogP contribution is -2.50. The van der Waals surface area contributed by atoms with Crippen LogP contribution in [-0.4, -0.2) is 23.4 Å². The van der Waals surface area contributed by atoms with Gasteiger partial charge in [0.05, 0.1) is 31.5 Å². The Balaban J connectivity index is 1.67. The van der Waals surface area contributed by atoms with Gasteiger partial charge in [0.15, 0.2) is 0 Å². The van der Waals surface area contributed by atoms with Gasteiger partial charge in [0.2, 0.25) is 0 Å². The molecule has 3 unspecified atom stereocenters. The summed E-state index contributed by atoms with van der Waals surface area (Å²) in [7, 11) is 0. The zero-order valence-corrected chi connectivity index (χ0v) is 15.0. The molecule has 1 aliphatic carbocycles. The fourth-order valence-electron chi connectivity index (χ4n) is 3.61. The van der Waals surface area contributed by atoms with E-state index in [-0.39, 0.29) is 30.1 Å². The van der Waals surface area contributed by atoms with Crippen molar-refractivity contribution in [3.05, 3.63) is 71.8 Å². The Morgan fingerprint density at radius 2 is 1.28 bits per heavy atom. The maximum Gasteiger partial charge on any atom is 0.0894 e. The van der Waals surface area contributed by atoms with Crippen LogP contribution in [0.5, 0.6) is 0 Å². The minimum Gasteiger partial charge on any atom is -0.393 e. The first kappa shape index (κ1) is 18.1. The monoisotopic (exact) mass is 340 g/mol. The van der Waals surface area contributed by atoms with Crippen LogP contribution in [-0.2, 0) is 22.7 Å². The van der Waals surface area contributed by atoms with Gasteiger partial charge >= 0.3 is 0 Å². The zero-order valence-electron chi connectivity index (χ0n) is 15.0. The fourth-order valence-corrected chi connectivity index (χ4v) is 3.61.